The highest BCUT2D eigenvalue weighted by Gasteiger charge is 2.27. The number of benzene rings is 1. The molecule has 1 fully saturated rings. The maximum atomic E-state index is 12.8. The van der Waals surface area contributed by atoms with Crippen molar-refractivity contribution in [2.75, 3.05) is 13.1 Å². The Morgan fingerprint density at radius 1 is 1.39 bits per heavy atom. The van der Waals surface area contributed by atoms with Crippen molar-refractivity contribution >= 4 is 28.3 Å². The number of carbonyl (C=O) groups excluding carboxylic acids is 1. The fraction of sp³-hybridized carbons (Fsp3) is 0.353. The summed E-state index contributed by atoms with van der Waals surface area (Å²) >= 11 is 1.74. The van der Waals surface area contributed by atoms with Crippen LogP contribution in [-0.4, -0.2) is 38.8 Å². The third kappa shape index (κ3) is 2.74. The van der Waals surface area contributed by atoms with Crippen LogP contribution in [0.1, 0.15) is 39.0 Å². The SMILES string of the molecule is Cc1cnc(C2CCCN(C(=O)c3ccc4nc[nH]c4c3)C2)s1. The Hall–Kier alpha value is -2.21. The number of rotatable bonds is 2. The number of aryl methyl sites for hydroxylation is 1. The molecular weight excluding hydrogens is 308 g/mol. The van der Waals surface area contributed by atoms with E-state index in [1.54, 1.807) is 17.7 Å². The predicted molar refractivity (Wildman–Crippen MR) is 90.8 cm³/mol. The van der Waals surface area contributed by atoms with Crippen molar-refractivity contribution in [3.05, 3.63) is 46.2 Å². The highest BCUT2D eigenvalue weighted by Crippen LogP contribution is 2.30. The number of hydrogen-bond acceptors (Lipinski definition) is 4. The number of thiazole rings is 1. The minimum absolute atomic E-state index is 0.0967. The Morgan fingerprint density at radius 2 is 2.30 bits per heavy atom. The van der Waals surface area contributed by atoms with Gasteiger partial charge in [0.1, 0.15) is 0 Å². The van der Waals surface area contributed by atoms with Gasteiger partial charge in [-0.25, -0.2) is 9.97 Å². The van der Waals surface area contributed by atoms with E-state index in [9.17, 15) is 4.79 Å². The number of imidazole rings is 1. The van der Waals surface area contributed by atoms with E-state index in [1.807, 2.05) is 29.3 Å². The van der Waals surface area contributed by atoms with E-state index in [1.165, 1.54) is 4.88 Å². The van der Waals surface area contributed by atoms with Gasteiger partial charge in [-0.15, -0.1) is 11.3 Å². The molecule has 1 aliphatic rings. The average Bonchev–Trinajstić information content (AvgIpc) is 3.22. The van der Waals surface area contributed by atoms with E-state index in [-0.39, 0.29) is 5.91 Å². The molecular formula is C17H18N4OS. The number of carbonyl (C=O) groups is 1. The van der Waals surface area contributed by atoms with Crippen LogP contribution in [0.2, 0.25) is 0 Å². The van der Waals surface area contributed by atoms with Crippen LogP contribution in [0, 0.1) is 6.92 Å². The molecule has 5 nitrogen and oxygen atoms in total. The van der Waals surface area contributed by atoms with Gasteiger partial charge >= 0.3 is 0 Å². The maximum Gasteiger partial charge on any atom is 0.253 e. The van der Waals surface area contributed by atoms with Crippen LogP contribution in [0.15, 0.2) is 30.7 Å². The van der Waals surface area contributed by atoms with Gasteiger partial charge in [0, 0.05) is 35.6 Å². The second-order valence-electron chi connectivity index (χ2n) is 6.03. The molecule has 0 spiro atoms. The lowest BCUT2D eigenvalue weighted by Crippen LogP contribution is -2.39. The predicted octanol–water partition coefficient (Wildman–Crippen LogP) is 3.35. The molecule has 1 amide bonds. The minimum Gasteiger partial charge on any atom is -0.345 e. The van der Waals surface area contributed by atoms with Gasteiger partial charge in [-0.3, -0.25) is 4.79 Å². The zero-order valence-electron chi connectivity index (χ0n) is 13.0. The lowest BCUT2D eigenvalue weighted by Gasteiger charge is -2.32. The van der Waals surface area contributed by atoms with Crippen molar-refractivity contribution in [2.24, 2.45) is 0 Å². The van der Waals surface area contributed by atoms with E-state index in [2.05, 4.69) is 21.9 Å². The Balaban J connectivity index is 1.55. The largest absolute Gasteiger partial charge is 0.345 e. The number of likely N-dealkylation sites (tertiary alicyclic amines) is 1. The molecule has 4 rings (SSSR count). The monoisotopic (exact) mass is 326 g/mol. The Kier molecular flexibility index (Phi) is 3.61. The van der Waals surface area contributed by atoms with Crippen LogP contribution >= 0.6 is 11.3 Å². The highest BCUT2D eigenvalue weighted by atomic mass is 32.1. The fourth-order valence-electron chi connectivity index (χ4n) is 3.18. The standard InChI is InChI=1S/C17H18N4OS/c1-11-8-18-16(23-11)13-3-2-6-21(9-13)17(22)12-4-5-14-15(7-12)20-10-19-14/h4-5,7-8,10,13H,2-3,6,9H2,1H3,(H,19,20). The van der Waals surface area contributed by atoms with Crippen LogP contribution in [-0.2, 0) is 0 Å². The number of fused-ring (bicyclic) bond motifs is 1. The first kappa shape index (κ1) is 14.4. The molecule has 0 radical (unpaired) electrons. The van der Waals surface area contributed by atoms with Crippen molar-refractivity contribution in [3.8, 4) is 0 Å². The third-order valence-corrected chi connectivity index (χ3v) is 5.44. The lowest BCUT2D eigenvalue weighted by molar-refractivity contribution is 0.0707. The average molecular weight is 326 g/mol. The van der Waals surface area contributed by atoms with Gasteiger partial charge in [0.05, 0.1) is 22.4 Å². The zero-order valence-corrected chi connectivity index (χ0v) is 13.8. The molecule has 23 heavy (non-hydrogen) atoms. The number of H-pyrrole nitrogens is 1. The van der Waals surface area contributed by atoms with Crippen molar-refractivity contribution in [1.82, 2.24) is 19.9 Å². The number of aromatic nitrogens is 3. The molecule has 1 N–H and O–H groups in total. The molecule has 3 aromatic rings. The molecule has 6 heteroatoms. The molecule has 118 valence electrons. The molecule has 3 heterocycles. The van der Waals surface area contributed by atoms with Crippen LogP contribution in [0.5, 0.6) is 0 Å². The summed E-state index contributed by atoms with van der Waals surface area (Å²) in [6, 6.07) is 5.65. The number of amides is 1. The van der Waals surface area contributed by atoms with Gasteiger partial charge in [-0.1, -0.05) is 0 Å². The smallest absolute Gasteiger partial charge is 0.253 e. The quantitative estimate of drug-likeness (QED) is 0.785. The van der Waals surface area contributed by atoms with Gasteiger partial charge in [0.15, 0.2) is 0 Å². The molecule has 0 saturated carbocycles. The first-order valence-electron chi connectivity index (χ1n) is 7.85. The Morgan fingerprint density at radius 3 is 3.13 bits per heavy atom. The summed E-state index contributed by atoms with van der Waals surface area (Å²) < 4.78 is 0. The summed E-state index contributed by atoms with van der Waals surface area (Å²) in [6.45, 7) is 3.65. The molecule has 1 atom stereocenters. The van der Waals surface area contributed by atoms with E-state index < -0.39 is 0 Å². The topological polar surface area (TPSA) is 61.9 Å². The van der Waals surface area contributed by atoms with E-state index in [0.717, 1.165) is 47.5 Å². The van der Waals surface area contributed by atoms with Gasteiger partial charge in [0.25, 0.3) is 5.91 Å². The number of aromatic amines is 1. The zero-order chi connectivity index (χ0) is 15.8. The number of hydrogen-bond donors (Lipinski definition) is 1. The molecule has 0 bridgehead atoms. The summed E-state index contributed by atoms with van der Waals surface area (Å²) in [4.78, 5) is 27.8. The summed E-state index contributed by atoms with van der Waals surface area (Å²) in [5.74, 6) is 0.460. The van der Waals surface area contributed by atoms with E-state index >= 15 is 0 Å². The molecule has 2 aromatic heterocycles. The molecule has 1 aliphatic heterocycles. The Bertz CT molecular complexity index is 853. The van der Waals surface area contributed by atoms with E-state index in [4.69, 9.17) is 0 Å². The first-order valence-corrected chi connectivity index (χ1v) is 8.67. The molecule has 1 aromatic carbocycles. The van der Waals surface area contributed by atoms with Crippen molar-refractivity contribution in [2.45, 2.75) is 25.7 Å². The van der Waals surface area contributed by atoms with Gasteiger partial charge in [-0.2, -0.15) is 0 Å². The number of piperidine rings is 1. The summed E-state index contributed by atoms with van der Waals surface area (Å²) in [5.41, 5.74) is 2.51. The van der Waals surface area contributed by atoms with Crippen LogP contribution in [0.3, 0.4) is 0 Å². The second-order valence-corrected chi connectivity index (χ2v) is 7.30. The lowest BCUT2D eigenvalue weighted by atomic mass is 9.98. The van der Waals surface area contributed by atoms with E-state index in [0.29, 0.717) is 5.92 Å². The van der Waals surface area contributed by atoms with Crippen molar-refractivity contribution < 1.29 is 4.79 Å². The van der Waals surface area contributed by atoms with Gasteiger partial charge in [0.2, 0.25) is 0 Å². The summed E-state index contributed by atoms with van der Waals surface area (Å²) in [6.07, 6.45) is 5.71. The normalized spacial score (nSPS) is 18.5. The minimum atomic E-state index is 0.0967. The maximum absolute atomic E-state index is 12.8. The molecule has 1 unspecified atom stereocenters. The van der Waals surface area contributed by atoms with Crippen LogP contribution in [0.25, 0.3) is 11.0 Å². The van der Waals surface area contributed by atoms with Crippen molar-refractivity contribution in [1.29, 1.82) is 0 Å². The van der Waals surface area contributed by atoms with Crippen LogP contribution < -0.4 is 0 Å². The molecule has 0 aliphatic carbocycles. The Labute approximate surface area is 138 Å². The van der Waals surface area contributed by atoms with Crippen molar-refractivity contribution in [3.63, 3.8) is 0 Å². The highest BCUT2D eigenvalue weighted by molar-refractivity contribution is 7.11. The third-order valence-electron chi connectivity index (χ3n) is 4.36. The summed E-state index contributed by atoms with van der Waals surface area (Å²) in [5, 5.41) is 1.16. The van der Waals surface area contributed by atoms with Gasteiger partial charge < -0.3 is 9.88 Å². The van der Waals surface area contributed by atoms with Gasteiger partial charge in [-0.05, 0) is 38.0 Å². The number of nitrogens with one attached hydrogen (secondary N) is 1. The fourth-order valence-corrected chi connectivity index (χ4v) is 4.08. The second kappa shape index (κ2) is 5.77. The molecule has 1 saturated heterocycles. The number of nitrogens with zero attached hydrogens (tertiary/aromatic N) is 3. The van der Waals surface area contributed by atoms with Crippen LogP contribution in [0.4, 0.5) is 0 Å². The first-order chi connectivity index (χ1) is 11.2. The summed E-state index contributed by atoms with van der Waals surface area (Å²) in [7, 11) is 0.